The summed E-state index contributed by atoms with van der Waals surface area (Å²) in [6, 6.07) is 23.5. The van der Waals surface area contributed by atoms with Gasteiger partial charge in [0.25, 0.3) is 11.8 Å². The molecule has 0 aromatic heterocycles. The van der Waals surface area contributed by atoms with Crippen molar-refractivity contribution in [3.8, 4) is 0 Å². The molecule has 7 heteroatoms. The van der Waals surface area contributed by atoms with E-state index < -0.39 is 17.8 Å². The molecule has 178 valence electrons. The topological polar surface area (TPSA) is 66.9 Å². The van der Waals surface area contributed by atoms with Crippen LogP contribution in [0.5, 0.6) is 0 Å². The molecule has 0 bridgehead atoms. The second-order valence-corrected chi connectivity index (χ2v) is 9.52. The van der Waals surface area contributed by atoms with E-state index in [4.69, 9.17) is 4.74 Å². The number of amides is 2. The summed E-state index contributed by atoms with van der Waals surface area (Å²) in [4.78, 5) is 43.6. The van der Waals surface area contributed by atoms with Gasteiger partial charge >= 0.3 is 5.97 Å². The number of esters is 1. The van der Waals surface area contributed by atoms with E-state index in [0.29, 0.717) is 21.9 Å². The fraction of sp³-hybridized carbons (Fsp3) is 0.179. The average Bonchev–Trinajstić information content (AvgIpc) is 3.09. The van der Waals surface area contributed by atoms with Crippen LogP contribution in [0.3, 0.4) is 0 Å². The summed E-state index contributed by atoms with van der Waals surface area (Å²) in [5.74, 6) is -1.28. The van der Waals surface area contributed by atoms with Crippen molar-refractivity contribution in [3.63, 3.8) is 0 Å². The second-order valence-electron chi connectivity index (χ2n) is 8.43. The molecule has 0 fully saturated rings. The Morgan fingerprint density at radius 1 is 0.886 bits per heavy atom. The first kappa shape index (κ1) is 24.3. The Hall–Kier alpha value is -3.84. The standard InChI is InChI=1S/C28H26N2O4S/c1-18(2)34-28(33)20-12-14-22(15-13-20)30-26(31)24(29(4)21-8-6-5-7-9-21)25(27(30)32)35-23-16-10-19(3)11-17-23/h5-18H,1-4H3. The van der Waals surface area contributed by atoms with Crippen molar-refractivity contribution in [1.82, 2.24) is 0 Å². The third kappa shape index (κ3) is 5.15. The minimum atomic E-state index is -0.455. The summed E-state index contributed by atoms with van der Waals surface area (Å²) >= 11 is 1.27. The minimum absolute atomic E-state index is 0.245. The Bertz CT molecular complexity index is 1280. The average molecular weight is 487 g/mol. The van der Waals surface area contributed by atoms with Gasteiger partial charge in [0.15, 0.2) is 0 Å². The van der Waals surface area contributed by atoms with Crippen LogP contribution in [0, 0.1) is 6.92 Å². The summed E-state index contributed by atoms with van der Waals surface area (Å²) in [7, 11) is 1.78. The Labute approximate surface area is 209 Å². The minimum Gasteiger partial charge on any atom is -0.459 e. The van der Waals surface area contributed by atoms with E-state index in [2.05, 4.69) is 0 Å². The number of thioether (sulfide) groups is 1. The molecule has 0 saturated carbocycles. The number of carbonyl (C=O) groups excluding carboxylic acids is 3. The fourth-order valence-corrected chi connectivity index (χ4v) is 4.66. The predicted molar refractivity (Wildman–Crippen MR) is 138 cm³/mol. The highest BCUT2D eigenvalue weighted by molar-refractivity contribution is 8.04. The number of benzene rings is 3. The van der Waals surface area contributed by atoms with Crippen molar-refractivity contribution in [3.05, 3.63) is 101 Å². The number of hydrogen-bond acceptors (Lipinski definition) is 6. The number of rotatable bonds is 7. The number of nitrogens with zero attached hydrogens (tertiary/aromatic N) is 2. The Kier molecular flexibility index (Phi) is 7.07. The number of carbonyl (C=O) groups is 3. The molecule has 35 heavy (non-hydrogen) atoms. The smallest absolute Gasteiger partial charge is 0.338 e. The van der Waals surface area contributed by atoms with Crippen LogP contribution < -0.4 is 9.80 Å². The maximum atomic E-state index is 13.7. The van der Waals surface area contributed by atoms with Gasteiger partial charge in [-0.2, -0.15) is 0 Å². The third-order valence-corrected chi connectivity index (χ3v) is 6.52. The van der Waals surface area contributed by atoms with Crippen LogP contribution in [0.4, 0.5) is 11.4 Å². The van der Waals surface area contributed by atoms with Crippen molar-refractivity contribution in [2.45, 2.75) is 31.8 Å². The van der Waals surface area contributed by atoms with Gasteiger partial charge in [0, 0.05) is 17.6 Å². The maximum absolute atomic E-state index is 13.7. The zero-order valence-electron chi connectivity index (χ0n) is 20.0. The zero-order chi connectivity index (χ0) is 25.1. The molecule has 0 aliphatic carbocycles. The first-order valence-corrected chi connectivity index (χ1v) is 12.1. The van der Waals surface area contributed by atoms with Crippen molar-refractivity contribution in [2.75, 3.05) is 16.8 Å². The van der Waals surface area contributed by atoms with Gasteiger partial charge in [-0.15, -0.1) is 0 Å². The predicted octanol–water partition coefficient (Wildman–Crippen LogP) is 5.57. The highest BCUT2D eigenvalue weighted by Crippen LogP contribution is 2.39. The van der Waals surface area contributed by atoms with E-state index in [1.807, 2.05) is 61.5 Å². The van der Waals surface area contributed by atoms with Gasteiger partial charge in [-0.1, -0.05) is 47.7 Å². The number of para-hydroxylation sites is 1. The largest absolute Gasteiger partial charge is 0.459 e. The quantitative estimate of drug-likeness (QED) is 0.321. The number of hydrogen-bond donors (Lipinski definition) is 0. The summed E-state index contributed by atoms with van der Waals surface area (Å²) in [6.07, 6.45) is -0.245. The van der Waals surface area contributed by atoms with Crippen molar-refractivity contribution >= 4 is 40.9 Å². The summed E-state index contributed by atoms with van der Waals surface area (Å²) < 4.78 is 5.23. The lowest BCUT2D eigenvalue weighted by Crippen LogP contribution is -2.34. The lowest BCUT2D eigenvalue weighted by atomic mass is 10.2. The Morgan fingerprint density at radius 2 is 1.51 bits per heavy atom. The van der Waals surface area contributed by atoms with E-state index >= 15 is 0 Å². The molecule has 3 aromatic rings. The summed E-state index contributed by atoms with van der Waals surface area (Å²) in [5.41, 5.74) is 2.94. The lowest BCUT2D eigenvalue weighted by Gasteiger charge is -2.21. The number of aryl methyl sites for hydroxylation is 1. The molecular formula is C28H26N2O4S. The van der Waals surface area contributed by atoms with Crippen LogP contribution in [0.15, 0.2) is 94.4 Å². The van der Waals surface area contributed by atoms with Gasteiger partial charge in [-0.3, -0.25) is 9.59 Å². The first-order chi connectivity index (χ1) is 16.8. The highest BCUT2D eigenvalue weighted by Gasteiger charge is 2.42. The molecular weight excluding hydrogens is 460 g/mol. The SMILES string of the molecule is Cc1ccc(SC2=C(N(C)c3ccccc3)C(=O)N(c3ccc(C(=O)OC(C)C)cc3)C2=O)cc1. The number of imide groups is 1. The summed E-state index contributed by atoms with van der Waals surface area (Å²) in [6.45, 7) is 5.55. The van der Waals surface area contributed by atoms with E-state index in [9.17, 15) is 14.4 Å². The Morgan fingerprint density at radius 3 is 2.11 bits per heavy atom. The normalized spacial score (nSPS) is 13.6. The van der Waals surface area contributed by atoms with Crippen LogP contribution in [0.2, 0.25) is 0 Å². The molecule has 6 nitrogen and oxygen atoms in total. The molecule has 0 radical (unpaired) electrons. The van der Waals surface area contributed by atoms with Gasteiger partial charge in [0.05, 0.1) is 17.4 Å². The molecule has 4 rings (SSSR count). The molecule has 0 N–H and O–H groups in total. The highest BCUT2D eigenvalue weighted by atomic mass is 32.2. The van der Waals surface area contributed by atoms with Crippen molar-refractivity contribution in [2.24, 2.45) is 0 Å². The van der Waals surface area contributed by atoms with Gasteiger partial charge in [-0.25, -0.2) is 9.69 Å². The van der Waals surface area contributed by atoms with Crippen LogP contribution in [-0.2, 0) is 14.3 Å². The van der Waals surface area contributed by atoms with Crippen LogP contribution in [0.25, 0.3) is 0 Å². The Balaban J connectivity index is 1.70. The molecule has 2 amide bonds. The molecule has 0 spiro atoms. The van der Waals surface area contributed by atoms with Gasteiger partial charge in [0.1, 0.15) is 10.6 Å². The molecule has 1 aliphatic rings. The van der Waals surface area contributed by atoms with Gasteiger partial charge in [0.2, 0.25) is 0 Å². The molecule has 1 aliphatic heterocycles. The maximum Gasteiger partial charge on any atom is 0.338 e. The van der Waals surface area contributed by atoms with E-state index in [0.717, 1.165) is 21.0 Å². The van der Waals surface area contributed by atoms with Crippen LogP contribution in [0.1, 0.15) is 29.8 Å². The van der Waals surface area contributed by atoms with Gasteiger partial charge < -0.3 is 9.64 Å². The fourth-order valence-electron chi connectivity index (χ4n) is 3.65. The molecule has 3 aromatic carbocycles. The van der Waals surface area contributed by atoms with E-state index in [1.54, 1.807) is 50.1 Å². The summed E-state index contributed by atoms with van der Waals surface area (Å²) in [5, 5.41) is 0. The van der Waals surface area contributed by atoms with Crippen LogP contribution in [-0.4, -0.2) is 30.9 Å². The second kappa shape index (κ2) is 10.2. The van der Waals surface area contributed by atoms with E-state index in [-0.39, 0.29) is 6.10 Å². The monoisotopic (exact) mass is 486 g/mol. The van der Waals surface area contributed by atoms with Gasteiger partial charge in [-0.05, 0) is 69.3 Å². The molecule has 1 heterocycles. The zero-order valence-corrected chi connectivity index (χ0v) is 20.8. The van der Waals surface area contributed by atoms with Crippen molar-refractivity contribution < 1.29 is 19.1 Å². The number of likely N-dealkylation sites (N-methyl/N-ethyl adjacent to an activating group) is 1. The third-order valence-electron chi connectivity index (χ3n) is 5.44. The van der Waals surface area contributed by atoms with Crippen LogP contribution >= 0.6 is 11.8 Å². The van der Waals surface area contributed by atoms with E-state index in [1.165, 1.54) is 11.8 Å². The number of ether oxygens (including phenoxy) is 1. The first-order valence-electron chi connectivity index (χ1n) is 11.2. The number of anilines is 2. The molecule has 0 atom stereocenters. The molecule has 0 unspecified atom stereocenters. The van der Waals surface area contributed by atoms with Crippen molar-refractivity contribution in [1.29, 1.82) is 0 Å². The molecule has 0 saturated heterocycles. The lowest BCUT2D eigenvalue weighted by molar-refractivity contribution is -0.120.